The predicted octanol–water partition coefficient (Wildman–Crippen LogP) is 2.56. The molecule has 2 rings (SSSR count). The summed E-state index contributed by atoms with van der Waals surface area (Å²) in [6.07, 6.45) is -0.907. The van der Waals surface area contributed by atoms with Crippen LogP contribution in [0.5, 0.6) is 0 Å². The van der Waals surface area contributed by atoms with Gasteiger partial charge in [0.05, 0.1) is 11.9 Å². The van der Waals surface area contributed by atoms with Crippen molar-refractivity contribution in [1.82, 2.24) is 4.72 Å². The van der Waals surface area contributed by atoms with Crippen LogP contribution in [0.1, 0.15) is 17.2 Å². The van der Waals surface area contributed by atoms with Gasteiger partial charge in [0.15, 0.2) is 0 Å². The Kier molecular flexibility index (Phi) is 6.23. The van der Waals surface area contributed by atoms with Gasteiger partial charge in [-0.3, -0.25) is 0 Å². The molecular weight excluding hydrogens is 348 g/mol. The molecule has 0 heterocycles. The molecule has 0 radical (unpaired) electrons. The van der Waals surface area contributed by atoms with E-state index in [1.165, 1.54) is 0 Å². The molecule has 0 spiro atoms. The van der Waals surface area contributed by atoms with Gasteiger partial charge in [0.1, 0.15) is 0 Å². The summed E-state index contributed by atoms with van der Waals surface area (Å²) >= 11 is 5.86. The average Bonchev–Trinajstić information content (AvgIpc) is 2.52. The topological polar surface area (TPSA) is 69.6 Å². The molecule has 0 fully saturated rings. The number of benzene rings is 2. The van der Waals surface area contributed by atoms with Crippen LogP contribution in [-0.2, 0) is 15.8 Å². The van der Waals surface area contributed by atoms with Crippen LogP contribution in [-0.4, -0.2) is 34.2 Å². The quantitative estimate of drug-likeness (QED) is 0.788. The van der Waals surface area contributed by atoms with Gasteiger partial charge in [0.2, 0.25) is 10.0 Å². The average molecular weight is 369 g/mol. The second-order valence-corrected chi connectivity index (χ2v) is 7.98. The van der Waals surface area contributed by atoms with E-state index in [1.807, 2.05) is 31.1 Å². The zero-order chi connectivity index (χ0) is 17.7. The zero-order valence-corrected chi connectivity index (χ0v) is 15.2. The van der Waals surface area contributed by atoms with Crippen LogP contribution in [0.3, 0.4) is 0 Å². The highest BCUT2D eigenvalue weighted by atomic mass is 35.5. The first-order chi connectivity index (χ1) is 11.3. The number of anilines is 1. The smallest absolute Gasteiger partial charge is 0.215 e. The fourth-order valence-electron chi connectivity index (χ4n) is 2.22. The molecule has 7 heteroatoms. The Morgan fingerprint density at radius 1 is 1.17 bits per heavy atom. The van der Waals surface area contributed by atoms with Crippen molar-refractivity contribution in [2.45, 2.75) is 11.9 Å². The molecule has 1 atom stereocenters. The number of hydrogen-bond acceptors (Lipinski definition) is 4. The molecule has 0 saturated heterocycles. The van der Waals surface area contributed by atoms with Crippen LogP contribution < -0.4 is 9.62 Å². The fraction of sp³-hybridized carbons (Fsp3) is 0.294. The number of aliphatic hydroxyl groups is 1. The Balaban J connectivity index is 1.95. The molecule has 5 nitrogen and oxygen atoms in total. The molecule has 2 N–H and O–H groups in total. The third kappa shape index (κ3) is 5.49. The number of rotatable bonds is 7. The zero-order valence-electron chi connectivity index (χ0n) is 13.6. The molecule has 0 aromatic heterocycles. The standard InChI is InChI=1S/C17H21ClN2O3S/c1-20(2)16-8-6-14(7-9-16)17(21)11-19-24(22,23)12-13-4-3-5-15(18)10-13/h3-10,17,19,21H,11-12H2,1-2H3. The van der Waals surface area contributed by atoms with Crippen molar-refractivity contribution in [3.63, 3.8) is 0 Å². The molecule has 0 aliphatic carbocycles. The lowest BCUT2D eigenvalue weighted by Gasteiger charge is -2.16. The van der Waals surface area contributed by atoms with E-state index in [1.54, 1.807) is 36.4 Å². The molecular formula is C17H21ClN2O3S. The van der Waals surface area contributed by atoms with Gasteiger partial charge >= 0.3 is 0 Å². The van der Waals surface area contributed by atoms with Crippen molar-refractivity contribution in [1.29, 1.82) is 0 Å². The summed E-state index contributed by atoms with van der Waals surface area (Å²) in [5.74, 6) is -0.181. The second-order valence-electron chi connectivity index (χ2n) is 5.74. The Labute approximate surface area is 147 Å². The lowest BCUT2D eigenvalue weighted by molar-refractivity contribution is 0.182. The van der Waals surface area contributed by atoms with E-state index in [0.29, 0.717) is 16.1 Å². The number of sulfonamides is 1. The summed E-state index contributed by atoms with van der Waals surface area (Å²) in [6, 6.07) is 14.0. The minimum absolute atomic E-state index is 0.0792. The van der Waals surface area contributed by atoms with Crippen LogP contribution in [0.2, 0.25) is 5.02 Å². The van der Waals surface area contributed by atoms with Crippen LogP contribution in [0.25, 0.3) is 0 Å². The molecule has 24 heavy (non-hydrogen) atoms. The molecule has 1 unspecified atom stereocenters. The van der Waals surface area contributed by atoms with Gasteiger partial charge < -0.3 is 10.0 Å². The maximum absolute atomic E-state index is 12.1. The third-order valence-corrected chi connectivity index (χ3v) is 5.09. The molecule has 2 aromatic rings. The van der Waals surface area contributed by atoms with Crippen LogP contribution in [0, 0.1) is 0 Å². The van der Waals surface area contributed by atoms with Crippen molar-refractivity contribution in [2.75, 3.05) is 25.5 Å². The fourth-order valence-corrected chi connectivity index (χ4v) is 3.56. The largest absolute Gasteiger partial charge is 0.387 e. The van der Waals surface area contributed by atoms with Crippen molar-refractivity contribution >= 4 is 27.3 Å². The minimum Gasteiger partial charge on any atom is -0.387 e. The lowest BCUT2D eigenvalue weighted by Crippen LogP contribution is -2.29. The monoisotopic (exact) mass is 368 g/mol. The van der Waals surface area contributed by atoms with Crippen molar-refractivity contribution < 1.29 is 13.5 Å². The lowest BCUT2D eigenvalue weighted by atomic mass is 10.1. The number of aliphatic hydroxyl groups excluding tert-OH is 1. The molecule has 0 aliphatic heterocycles. The van der Waals surface area contributed by atoms with Crippen molar-refractivity contribution in [3.8, 4) is 0 Å². The Hall–Kier alpha value is -1.60. The summed E-state index contributed by atoms with van der Waals surface area (Å²) < 4.78 is 26.7. The Morgan fingerprint density at radius 2 is 1.83 bits per heavy atom. The highest BCUT2D eigenvalue weighted by molar-refractivity contribution is 7.88. The molecule has 0 aliphatic rings. The van der Waals surface area contributed by atoms with Gasteiger partial charge in [-0.05, 0) is 35.4 Å². The maximum Gasteiger partial charge on any atom is 0.215 e. The molecule has 130 valence electrons. The molecule has 0 bridgehead atoms. The van der Waals surface area contributed by atoms with Crippen molar-refractivity contribution in [2.24, 2.45) is 0 Å². The van der Waals surface area contributed by atoms with E-state index in [0.717, 1.165) is 5.69 Å². The number of hydrogen-bond donors (Lipinski definition) is 2. The van der Waals surface area contributed by atoms with E-state index < -0.39 is 16.1 Å². The second kappa shape index (κ2) is 7.98. The van der Waals surface area contributed by atoms with Crippen LogP contribution in [0.4, 0.5) is 5.69 Å². The first-order valence-corrected chi connectivity index (χ1v) is 9.47. The summed E-state index contributed by atoms with van der Waals surface area (Å²) in [5.41, 5.74) is 2.26. The van der Waals surface area contributed by atoms with Crippen LogP contribution >= 0.6 is 11.6 Å². The summed E-state index contributed by atoms with van der Waals surface area (Å²) in [7, 11) is 0.299. The predicted molar refractivity (Wildman–Crippen MR) is 97.8 cm³/mol. The maximum atomic E-state index is 12.1. The summed E-state index contributed by atoms with van der Waals surface area (Å²) in [6.45, 7) is -0.0792. The molecule has 0 saturated carbocycles. The van der Waals surface area contributed by atoms with Crippen molar-refractivity contribution in [3.05, 3.63) is 64.7 Å². The first kappa shape index (κ1) is 18.7. The summed E-state index contributed by atoms with van der Waals surface area (Å²) in [5, 5.41) is 10.7. The number of nitrogens with one attached hydrogen (secondary N) is 1. The van der Waals surface area contributed by atoms with E-state index in [-0.39, 0.29) is 12.3 Å². The highest BCUT2D eigenvalue weighted by Crippen LogP contribution is 2.18. The number of halogens is 1. The third-order valence-electron chi connectivity index (χ3n) is 3.54. The normalized spacial score (nSPS) is 12.8. The Morgan fingerprint density at radius 3 is 2.42 bits per heavy atom. The first-order valence-electron chi connectivity index (χ1n) is 7.44. The van der Waals surface area contributed by atoms with Gasteiger partial charge in [-0.25, -0.2) is 13.1 Å². The van der Waals surface area contributed by atoms with E-state index >= 15 is 0 Å². The Bertz CT molecular complexity index is 777. The van der Waals surface area contributed by atoms with Gasteiger partial charge in [-0.15, -0.1) is 0 Å². The number of nitrogens with zero attached hydrogens (tertiary/aromatic N) is 1. The van der Waals surface area contributed by atoms with E-state index in [2.05, 4.69) is 4.72 Å². The van der Waals surface area contributed by atoms with E-state index in [4.69, 9.17) is 11.6 Å². The van der Waals surface area contributed by atoms with Gasteiger partial charge in [-0.1, -0.05) is 35.9 Å². The van der Waals surface area contributed by atoms with E-state index in [9.17, 15) is 13.5 Å². The van der Waals surface area contributed by atoms with Gasteiger partial charge in [0.25, 0.3) is 0 Å². The molecule has 0 amide bonds. The summed E-state index contributed by atoms with van der Waals surface area (Å²) in [4.78, 5) is 1.95. The van der Waals surface area contributed by atoms with Gasteiger partial charge in [-0.2, -0.15) is 0 Å². The molecule has 2 aromatic carbocycles. The highest BCUT2D eigenvalue weighted by Gasteiger charge is 2.15. The van der Waals surface area contributed by atoms with Gasteiger partial charge in [0, 0.05) is 31.4 Å². The minimum atomic E-state index is -3.55. The SMILES string of the molecule is CN(C)c1ccc(C(O)CNS(=O)(=O)Cc2cccc(Cl)c2)cc1. The van der Waals surface area contributed by atoms with Crippen LogP contribution in [0.15, 0.2) is 48.5 Å².